The number of rotatable bonds is 4. The first kappa shape index (κ1) is 13.0. The van der Waals surface area contributed by atoms with E-state index in [1.807, 2.05) is 25.1 Å². The van der Waals surface area contributed by atoms with Gasteiger partial charge in [0.15, 0.2) is 5.82 Å². The standard InChI is InChI=1S/C13H15N5OS/c1-8-9(4-3-5-10(8)14)12-17-18-11(6-7-19-2)15-16-13(18)20-12/h3-5H,6-7,14H2,1-2H3. The van der Waals surface area contributed by atoms with Crippen molar-refractivity contribution < 1.29 is 4.74 Å². The minimum atomic E-state index is 0.602. The quantitative estimate of drug-likeness (QED) is 0.742. The third-order valence-electron chi connectivity index (χ3n) is 3.19. The summed E-state index contributed by atoms with van der Waals surface area (Å²) in [5.41, 5.74) is 8.80. The molecule has 104 valence electrons. The molecule has 0 unspecified atom stereocenters. The summed E-state index contributed by atoms with van der Waals surface area (Å²) < 4.78 is 6.85. The second-order valence-corrected chi connectivity index (χ2v) is 5.44. The van der Waals surface area contributed by atoms with E-state index in [2.05, 4.69) is 15.3 Å². The van der Waals surface area contributed by atoms with Crippen LogP contribution in [0, 0.1) is 6.92 Å². The number of benzene rings is 1. The van der Waals surface area contributed by atoms with Crippen molar-refractivity contribution in [1.82, 2.24) is 19.8 Å². The van der Waals surface area contributed by atoms with Crippen LogP contribution in [-0.2, 0) is 11.2 Å². The molecule has 0 atom stereocenters. The van der Waals surface area contributed by atoms with Crippen LogP contribution < -0.4 is 5.73 Å². The van der Waals surface area contributed by atoms with Crippen molar-refractivity contribution in [3.05, 3.63) is 29.6 Å². The van der Waals surface area contributed by atoms with Gasteiger partial charge in [-0.25, -0.2) is 0 Å². The molecule has 3 aromatic rings. The molecule has 1 aromatic carbocycles. The number of hydrogen-bond donors (Lipinski definition) is 1. The van der Waals surface area contributed by atoms with Crippen molar-refractivity contribution in [2.75, 3.05) is 19.5 Å². The van der Waals surface area contributed by atoms with Crippen molar-refractivity contribution in [2.24, 2.45) is 0 Å². The molecule has 0 radical (unpaired) electrons. The van der Waals surface area contributed by atoms with Crippen molar-refractivity contribution in [2.45, 2.75) is 13.3 Å². The lowest BCUT2D eigenvalue weighted by molar-refractivity contribution is 0.200. The summed E-state index contributed by atoms with van der Waals surface area (Å²) >= 11 is 1.51. The van der Waals surface area contributed by atoms with Crippen molar-refractivity contribution in [3.63, 3.8) is 0 Å². The van der Waals surface area contributed by atoms with Crippen LogP contribution in [0.15, 0.2) is 18.2 Å². The number of hydrogen-bond acceptors (Lipinski definition) is 6. The highest BCUT2D eigenvalue weighted by Gasteiger charge is 2.14. The van der Waals surface area contributed by atoms with E-state index in [1.165, 1.54) is 11.3 Å². The Labute approximate surface area is 120 Å². The Balaban J connectivity index is 2.05. The van der Waals surface area contributed by atoms with E-state index in [4.69, 9.17) is 10.5 Å². The molecule has 20 heavy (non-hydrogen) atoms. The van der Waals surface area contributed by atoms with E-state index in [1.54, 1.807) is 11.6 Å². The molecule has 0 saturated heterocycles. The predicted molar refractivity (Wildman–Crippen MR) is 78.8 cm³/mol. The van der Waals surface area contributed by atoms with E-state index in [9.17, 15) is 0 Å². The molecule has 0 spiro atoms. The van der Waals surface area contributed by atoms with Gasteiger partial charge in [-0.1, -0.05) is 23.5 Å². The first-order valence-corrected chi connectivity index (χ1v) is 7.08. The molecular formula is C13H15N5OS. The number of methoxy groups -OCH3 is 1. The maximum Gasteiger partial charge on any atom is 0.234 e. The highest BCUT2D eigenvalue weighted by Crippen LogP contribution is 2.30. The summed E-state index contributed by atoms with van der Waals surface area (Å²) in [6.45, 7) is 2.60. The fourth-order valence-electron chi connectivity index (χ4n) is 2.00. The van der Waals surface area contributed by atoms with E-state index in [0.717, 1.165) is 32.6 Å². The maximum atomic E-state index is 5.95. The number of anilines is 1. The Morgan fingerprint density at radius 3 is 3.00 bits per heavy atom. The molecule has 0 fully saturated rings. The molecule has 2 heterocycles. The molecule has 2 aromatic heterocycles. The van der Waals surface area contributed by atoms with E-state index in [0.29, 0.717) is 13.0 Å². The highest BCUT2D eigenvalue weighted by atomic mass is 32.1. The molecule has 0 aliphatic carbocycles. The Kier molecular flexibility index (Phi) is 3.37. The molecule has 3 rings (SSSR count). The smallest absolute Gasteiger partial charge is 0.234 e. The fourth-order valence-corrected chi connectivity index (χ4v) is 2.94. The lowest BCUT2D eigenvalue weighted by atomic mass is 10.1. The molecular weight excluding hydrogens is 274 g/mol. The summed E-state index contributed by atoms with van der Waals surface area (Å²) in [5.74, 6) is 0.811. The van der Waals surface area contributed by atoms with Crippen LogP contribution >= 0.6 is 11.3 Å². The highest BCUT2D eigenvalue weighted by molar-refractivity contribution is 7.19. The lowest BCUT2D eigenvalue weighted by Gasteiger charge is -2.04. The van der Waals surface area contributed by atoms with E-state index < -0.39 is 0 Å². The zero-order chi connectivity index (χ0) is 14.1. The van der Waals surface area contributed by atoms with Crippen LogP contribution in [0.2, 0.25) is 0 Å². The molecule has 0 bridgehead atoms. The van der Waals surface area contributed by atoms with Crippen LogP contribution in [0.4, 0.5) is 5.69 Å². The van der Waals surface area contributed by atoms with E-state index >= 15 is 0 Å². The van der Waals surface area contributed by atoms with Crippen LogP contribution in [0.1, 0.15) is 11.4 Å². The average Bonchev–Trinajstić information content (AvgIpc) is 3.00. The van der Waals surface area contributed by atoms with Crippen LogP contribution in [0.25, 0.3) is 15.5 Å². The van der Waals surface area contributed by atoms with Gasteiger partial charge in [0.1, 0.15) is 5.01 Å². The lowest BCUT2D eigenvalue weighted by Crippen LogP contribution is -2.01. The monoisotopic (exact) mass is 289 g/mol. The second kappa shape index (κ2) is 5.18. The van der Waals surface area contributed by atoms with Gasteiger partial charge in [-0.15, -0.1) is 10.2 Å². The SMILES string of the molecule is COCCc1nnc2sc(-c3cccc(N)c3C)nn12. The Bertz CT molecular complexity index is 748. The van der Waals surface area contributed by atoms with Gasteiger partial charge in [0, 0.05) is 24.8 Å². The summed E-state index contributed by atoms with van der Waals surface area (Å²) in [6, 6.07) is 5.85. The number of nitrogens with zero attached hydrogens (tertiary/aromatic N) is 4. The first-order chi connectivity index (χ1) is 9.70. The van der Waals surface area contributed by atoms with Gasteiger partial charge in [0.25, 0.3) is 0 Å². The maximum absolute atomic E-state index is 5.95. The third-order valence-corrected chi connectivity index (χ3v) is 4.12. The number of nitrogen functional groups attached to an aromatic ring is 1. The second-order valence-electron chi connectivity index (χ2n) is 4.48. The molecule has 0 aliphatic heterocycles. The summed E-state index contributed by atoms with van der Waals surface area (Å²) in [4.78, 5) is 0.785. The Hall–Kier alpha value is -1.99. The van der Waals surface area contributed by atoms with Gasteiger partial charge in [0.05, 0.1) is 6.61 Å². The first-order valence-electron chi connectivity index (χ1n) is 6.26. The number of fused-ring (bicyclic) bond motifs is 1. The van der Waals surface area contributed by atoms with Crippen LogP contribution in [0.5, 0.6) is 0 Å². The van der Waals surface area contributed by atoms with Gasteiger partial charge in [-0.3, -0.25) is 0 Å². The number of ether oxygens (including phenoxy) is 1. The minimum Gasteiger partial charge on any atom is -0.398 e. The minimum absolute atomic E-state index is 0.602. The molecule has 6 nitrogen and oxygen atoms in total. The van der Waals surface area contributed by atoms with Gasteiger partial charge < -0.3 is 10.5 Å². The summed E-state index contributed by atoms with van der Waals surface area (Å²) in [5, 5.41) is 13.8. The number of nitrogens with two attached hydrogens (primary N) is 1. The molecule has 7 heteroatoms. The van der Waals surface area contributed by atoms with Gasteiger partial charge in [-0.2, -0.15) is 9.61 Å². The van der Waals surface area contributed by atoms with E-state index in [-0.39, 0.29) is 0 Å². The predicted octanol–water partition coefficient (Wildman–Crippen LogP) is 1.93. The van der Waals surface area contributed by atoms with Crippen molar-refractivity contribution >= 4 is 22.0 Å². The van der Waals surface area contributed by atoms with Gasteiger partial charge >= 0.3 is 0 Å². The van der Waals surface area contributed by atoms with Gasteiger partial charge in [-0.05, 0) is 18.6 Å². The van der Waals surface area contributed by atoms with Crippen molar-refractivity contribution in [1.29, 1.82) is 0 Å². The van der Waals surface area contributed by atoms with Crippen LogP contribution in [-0.4, -0.2) is 33.5 Å². The van der Waals surface area contributed by atoms with Crippen molar-refractivity contribution in [3.8, 4) is 10.6 Å². The topological polar surface area (TPSA) is 78.3 Å². The Morgan fingerprint density at radius 2 is 2.20 bits per heavy atom. The zero-order valence-electron chi connectivity index (χ0n) is 11.3. The molecule has 2 N–H and O–H groups in total. The Morgan fingerprint density at radius 1 is 1.35 bits per heavy atom. The molecule has 0 amide bonds. The fraction of sp³-hybridized carbons (Fsp3) is 0.308. The normalized spacial score (nSPS) is 11.3. The largest absolute Gasteiger partial charge is 0.398 e. The average molecular weight is 289 g/mol. The van der Waals surface area contributed by atoms with Crippen LogP contribution in [0.3, 0.4) is 0 Å². The molecule has 0 aliphatic rings. The van der Waals surface area contributed by atoms with Gasteiger partial charge in [0.2, 0.25) is 4.96 Å². The number of aromatic nitrogens is 4. The third kappa shape index (κ3) is 2.14. The molecule has 0 saturated carbocycles. The summed E-state index contributed by atoms with van der Waals surface area (Å²) in [7, 11) is 1.67. The zero-order valence-corrected chi connectivity index (χ0v) is 12.1. The summed E-state index contributed by atoms with van der Waals surface area (Å²) in [6.07, 6.45) is 0.691.